The lowest BCUT2D eigenvalue weighted by Crippen LogP contribution is -2.43. The van der Waals surface area contributed by atoms with E-state index in [1.54, 1.807) is 0 Å². The number of nitrogens with zero attached hydrogens (tertiary/aromatic N) is 3. The maximum atomic E-state index is 12.7. The average Bonchev–Trinajstić information content (AvgIpc) is 3.08. The van der Waals surface area contributed by atoms with Crippen molar-refractivity contribution in [1.29, 1.82) is 0 Å². The molecule has 2 aromatic rings. The van der Waals surface area contributed by atoms with Crippen LogP contribution in [0.2, 0.25) is 0 Å². The average molecular weight is 359 g/mol. The van der Waals surface area contributed by atoms with E-state index in [1.165, 1.54) is 29.2 Å². The molecule has 0 spiro atoms. The molecule has 1 aliphatic heterocycles. The van der Waals surface area contributed by atoms with Crippen molar-refractivity contribution in [2.24, 2.45) is 0 Å². The van der Waals surface area contributed by atoms with Crippen molar-refractivity contribution in [2.45, 2.75) is 16.4 Å². The molecule has 6 nitrogen and oxygen atoms in total. The minimum Gasteiger partial charge on any atom is -0.377 e. The Morgan fingerprint density at radius 2 is 2.04 bits per heavy atom. The quantitative estimate of drug-likeness (QED) is 0.785. The Labute approximate surface area is 139 Å². The highest BCUT2D eigenvalue weighted by atomic mass is 32.2. The van der Waals surface area contributed by atoms with Gasteiger partial charge in [0.1, 0.15) is 6.04 Å². The molecule has 3 rings (SSSR count). The Kier molecular flexibility index (Phi) is 4.76. The van der Waals surface area contributed by atoms with E-state index < -0.39 is 11.6 Å². The second-order valence-electron chi connectivity index (χ2n) is 4.95. The number of alkyl halides is 3. The molecule has 1 fully saturated rings. The fraction of sp³-hybridized carbons (Fsp3) is 0.357. The number of amides is 1. The smallest absolute Gasteiger partial charge is 0.377 e. The SMILES string of the molecule is O=C(c1ccc(SC(F)(F)F)cc1)N1CCOC[C@@H]1c1ncon1. The van der Waals surface area contributed by atoms with Crippen LogP contribution in [-0.2, 0) is 4.74 Å². The van der Waals surface area contributed by atoms with Crippen molar-refractivity contribution >= 4 is 17.7 Å². The van der Waals surface area contributed by atoms with Crippen LogP contribution in [0.15, 0.2) is 40.1 Å². The number of thioether (sulfide) groups is 1. The van der Waals surface area contributed by atoms with Crippen LogP contribution < -0.4 is 0 Å². The minimum absolute atomic E-state index is 0.0238. The third kappa shape index (κ3) is 3.88. The maximum absolute atomic E-state index is 12.7. The fourth-order valence-electron chi connectivity index (χ4n) is 2.35. The number of ether oxygens (including phenoxy) is 1. The van der Waals surface area contributed by atoms with Gasteiger partial charge in [-0.3, -0.25) is 4.79 Å². The van der Waals surface area contributed by atoms with Crippen molar-refractivity contribution in [1.82, 2.24) is 15.0 Å². The van der Waals surface area contributed by atoms with Gasteiger partial charge in [0.25, 0.3) is 5.91 Å². The molecule has 1 aromatic heterocycles. The van der Waals surface area contributed by atoms with Crippen LogP contribution in [0, 0.1) is 0 Å². The van der Waals surface area contributed by atoms with E-state index in [-0.39, 0.29) is 34.7 Å². The summed E-state index contributed by atoms with van der Waals surface area (Å²) in [7, 11) is 0. The molecule has 1 saturated heterocycles. The second kappa shape index (κ2) is 6.81. The minimum atomic E-state index is -4.36. The molecule has 2 heterocycles. The van der Waals surface area contributed by atoms with Gasteiger partial charge in [0.05, 0.1) is 13.2 Å². The van der Waals surface area contributed by atoms with Gasteiger partial charge >= 0.3 is 5.51 Å². The van der Waals surface area contributed by atoms with Gasteiger partial charge in [-0.15, -0.1) is 0 Å². The van der Waals surface area contributed by atoms with E-state index in [2.05, 4.69) is 10.1 Å². The zero-order chi connectivity index (χ0) is 17.2. The van der Waals surface area contributed by atoms with Crippen LogP contribution in [0.1, 0.15) is 22.2 Å². The summed E-state index contributed by atoms with van der Waals surface area (Å²) in [5.74, 6) is 0.00366. The van der Waals surface area contributed by atoms with Crippen molar-refractivity contribution in [3.05, 3.63) is 42.0 Å². The van der Waals surface area contributed by atoms with E-state index in [9.17, 15) is 18.0 Å². The van der Waals surface area contributed by atoms with Crippen LogP contribution in [0.25, 0.3) is 0 Å². The highest BCUT2D eigenvalue weighted by Crippen LogP contribution is 2.36. The predicted octanol–water partition coefficient (Wildman–Crippen LogP) is 2.90. The molecular weight excluding hydrogens is 347 g/mol. The zero-order valence-corrected chi connectivity index (χ0v) is 13.0. The van der Waals surface area contributed by atoms with Crippen LogP contribution in [0.5, 0.6) is 0 Å². The van der Waals surface area contributed by atoms with Gasteiger partial charge in [-0.1, -0.05) is 5.16 Å². The van der Waals surface area contributed by atoms with E-state index in [1.807, 2.05) is 0 Å². The summed E-state index contributed by atoms with van der Waals surface area (Å²) in [4.78, 5) is 18.1. The van der Waals surface area contributed by atoms with Gasteiger partial charge in [-0.05, 0) is 36.0 Å². The summed E-state index contributed by atoms with van der Waals surface area (Å²) in [6.07, 6.45) is 1.16. The zero-order valence-electron chi connectivity index (χ0n) is 12.2. The molecule has 1 amide bonds. The second-order valence-corrected chi connectivity index (χ2v) is 6.09. The van der Waals surface area contributed by atoms with Gasteiger partial charge in [-0.2, -0.15) is 18.2 Å². The molecule has 128 valence electrons. The molecule has 1 atom stereocenters. The third-order valence-corrected chi connectivity index (χ3v) is 4.14. The summed E-state index contributed by atoms with van der Waals surface area (Å²) in [5, 5.41) is 3.73. The first-order valence-electron chi connectivity index (χ1n) is 6.95. The van der Waals surface area contributed by atoms with E-state index in [0.29, 0.717) is 19.0 Å². The number of hydrogen-bond acceptors (Lipinski definition) is 6. The first-order valence-corrected chi connectivity index (χ1v) is 7.76. The Morgan fingerprint density at radius 1 is 1.29 bits per heavy atom. The third-order valence-electron chi connectivity index (χ3n) is 3.40. The van der Waals surface area contributed by atoms with Crippen molar-refractivity contribution < 1.29 is 27.2 Å². The number of morpholine rings is 1. The molecule has 1 aliphatic rings. The lowest BCUT2D eigenvalue weighted by molar-refractivity contribution is -0.0328. The molecule has 0 radical (unpaired) electrons. The van der Waals surface area contributed by atoms with Crippen molar-refractivity contribution in [3.8, 4) is 0 Å². The Morgan fingerprint density at radius 3 is 2.67 bits per heavy atom. The Balaban J connectivity index is 1.77. The van der Waals surface area contributed by atoms with Crippen molar-refractivity contribution in [2.75, 3.05) is 19.8 Å². The summed E-state index contributed by atoms with van der Waals surface area (Å²) in [6, 6.07) is 4.80. The number of halogens is 3. The molecule has 0 bridgehead atoms. The standard InChI is InChI=1S/C14H12F3N3O3S/c15-14(16,17)24-10-3-1-9(2-4-10)13(21)20-5-6-22-7-11(20)12-18-8-23-19-12/h1-4,8,11H,5-7H2/t11-/m1/s1. The van der Waals surface area contributed by atoms with Crippen LogP contribution in [-0.4, -0.2) is 46.2 Å². The number of aromatic nitrogens is 2. The highest BCUT2D eigenvalue weighted by Gasteiger charge is 2.33. The number of benzene rings is 1. The Bertz CT molecular complexity index is 692. The summed E-state index contributed by atoms with van der Waals surface area (Å²) >= 11 is -0.222. The van der Waals surface area contributed by atoms with Crippen LogP contribution >= 0.6 is 11.8 Å². The normalized spacial score (nSPS) is 18.6. The lowest BCUT2D eigenvalue weighted by Gasteiger charge is -2.33. The topological polar surface area (TPSA) is 68.5 Å². The van der Waals surface area contributed by atoms with Gasteiger partial charge in [0.15, 0.2) is 5.82 Å². The lowest BCUT2D eigenvalue weighted by atomic mass is 10.1. The molecule has 24 heavy (non-hydrogen) atoms. The first kappa shape index (κ1) is 16.8. The molecule has 0 unspecified atom stereocenters. The monoisotopic (exact) mass is 359 g/mol. The molecule has 10 heteroatoms. The van der Waals surface area contributed by atoms with Gasteiger partial charge in [0, 0.05) is 17.0 Å². The molecular formula is C14H12F3N3O3S. The number of carbonyl (C=O) groups is 1. The van der Waals surface area contributed by atoms with E-state index >= 15 is 0 Å². The molecule has 0 aliphatic carbocycles. The molecule has 0 N–H and O–H groups in total. The fourth-order valence-corrected chi connectivity index (χ4v) is 2.89. The van der Waals surface area contributed by atoms with E-state index in [4.69, 9.17) is 9.26 Å². The number of carbonyl (C=O) groups excluding carboxylic acids is 1. The maximum Gasteiger partial charge on any atom is 0.446 e. The summed E-state index contributed by atoms with van der Waals surface area (Å²) < 4.78 is 47.1. The van der Waals surface area contributed by atoms with Gasteiger partial charge < -0.3 is 14.2 Å². The highest BCUT2D eigenvalue weighted by molar-refractivity contribution is 8.00. The van der Waals surface area contributed by atoms with Crippen LogP contribution in [0.3, 0.4) is 0 Å². The summed E-state index contributed by atoms with van der Waals surface area (Å²) in [5.41, 5.74) is -4.07. The van der Waals surface area contributed by atoms with Crippen LogP contribution in [0.4, 0.5) is 13.2 Å². The van der Waals surface area contributed by atoms with Crippen molar-refractivity contribution in [3.63, 3.8) is 0 Å². The number of hydrogen-bond donors (Lipinski definition) is 0. The summed E-state index contributed by atoms with van der Waals surface area (Å²) in [6.45, 7) is 0.923. The van der Waals surface area contributed by atoms with Gasteiger partial charge in [-0.25, -0.2) is 0 Å². The van der Waals surface area contributed by atoms with E-state index in [0.717, 1.165) is 6.39 Å². The first-order chi connectivity index (χ1) is 11.4. The predicted molar refractivity (Wildman–Crippen MR) is 77.2 cm³/mol. The molecule has 1 aromatic carbocycles. The largest absolute Gasteiger partial charge is 0.446 e. The van der Waals surface area contributed by atoms with Gasteiger partial charge in [0.2, 0.25) is 6.39 Å². The molecule has 0 saturated carbocycles. The number of rotatable bonds is 3. The Hall–Kier alpha value is -2.07.